The molecule has 2 N–H and O–H groups in total. The smallest absolute Gasteiger partial charge is 0.234 e. The summed E-state index contributed by atoms with van der Waals surface area (Å²) in [5, 5.41) is 5.48. The van der Waals surface area contributed by atoms with Gasteiger partial charge in [-0.3, -0.25) is 4.79 Å². The molecule has 1 unspecified atom stereocenters. The van der Waals surface area contributed by atoms with Gasteiger partial charge in [-0.2, -0.15) is 0 Å². The number of carbonyl (C=O) groups is 1. The molecule has 102 valence electrons. The molecule has 0 saturated carbocycles. The molecule has 1 aromatic rings. The summed E-state index contributed by atoms with van der Waals surface area (Å²) in [5.41, 5.74) is 0.832. The van der Waals surface area contributed by atoms with Gasteiger partial charge >= 0.3 is 0 Å². The zero-order valence-corrected chi connectivity index (χ0v) is 11.2. The van der Waals surface area contributed by atoms with E-state index >= 15 is 0 Å². The molecular formula is C12H18ClFN2O2. The molecule has 0 aliphatic carbocycles. The first-order valence-corrected chi connectivity index (χ1v) is 5.37. The molecule has 0 spiro atoms. The third-order valence-electron chi connectivity index (χ3n) is 2.35. The lowest BCUT2D eigenvalue weighted by Gasteiger charge is -2.16. The Hall–Kier alpha value is -1.17. The number of hydrogen-bond acceptors (Lipinski definition) is 3. The third kappa shape index (κ3) is 5.44. The molecule has 1 atom stereocenters. The van der Waals surface area contributed by atoms with Crippen molar-refractivity contribution in [1.82, 2.24) is 10.6 Å². The number of amides is 1. The average molecular weight is 277 g/mol. The summed E-state index contributed by atoms with van der Waals surface area (Å²) in [6.45, 7) is 0.627. The van der Waals surface area contributed by atoms with Crippen molar-refractivity contribution in [2.24, 2.45) is 0 Å². The summed E-state index contributed by atoms with van der Waals surface area (Å²) in [6, 6.07) is 6.04. The van der Waals surface area contributed by atoms with E-state index in [9.17, 15) is 9.18 Å². The predicted molar refractivity (Wildman–Crippen MR) is 70.3 cm³/mol. The monoisotopic (exact) mass is 276 g/mol. The Morgan fingerprint density at radius 1 is 1.39 bits per heavy atom. The second kappa shape index (κ2) is 8.85. The van der Waals surface area contributed by atoms with Gasteiger partial charge in [-0.05, 0) is 24.7 Å². The number of nitrogens with one attached hydrogen (secondary N) is 2. The summed E-state index contributed by atoms with van der Waals surface area (Å²) in [6.07, 6.45) is -0.267. The minimum atomic E-state index is -0.289. The summed E-state index contributed by atoms with van der Waals surface area (Å²) in [4.78, 5) is 11.3. The predicted octanol–water partition coefficient (Wildman–Crippen LogP) is 1.27. The highest BCUT2D eigenvalue weighted by atomic mass is 35.5. The van der Waals surface area contributed by atoms with Gasteiger partial charge in [-0.25, -0.2) is 4.39 Å². The standard InChI is InChI=1S/C12H17FN2O2.ClH/c1-14-8-12(16)15-7-11(17-2)9-3-5-10(13)6-4-9;/h3-6,11,14H,7-8H2,1-2H3,(H,15,16);1H. The lowest BCUT2D eigenvalue weighted by atomic mass is 10.1. The molecule has 4 nitrogen and oxygen atoms in total. The van der Waals surface area contributed by atoms with Crippen LogP contribution < -0.4 is 10.6 Å². The van der Waals surface area contributed by atoms with Crippen LogP contribution in [0.1, 0.15) is 11.7 Å². The molecular weight excluding hydrogens is 259 g/mol. The fourth-order valence-corrected chi connectivity index (χ4v) is 1.44. The van der Waals surface area contributed by atoms with E-state index in [4.69, 9.17) is 4.74 Å². The first-order chi connectivity index (χ1) is 8.17. The molecule has 18 heavy (non-hydrogen) atoms. The molecule has 1 aromatic carbocycles. The zero-order valence-electron chi connectivity index (χ0n) is 10.4. The molecule has 0 aliphatic heterocycles. The Morgan fingerprint density at radius 3 is 2.50 bits per heavy atom. The first-order valence-electron chi connectivity index (χ1n) is 5.37. The molecule has 1 amide bonds. The van der Waals surface area contributed by atoms with E-state index in [1.165, 1.54) is 12.1 Å². The van der Waals surface area contributed by atoms with E-state index in [-0.39, 0.29) is 36.8 Å². The Balaban J connectivity index is 0.00000289. The van der Waals surface area contributed by atoms with Crippen LogP contribution in [0.4, 0.5) is 4.39 Å². The molecule has 0 fully saturated rings. The van der Waals surface area contributed by atoms with E-state index in [1.54, 1.807) is 26.3 Å². The first kappa shape index (κ1) is 16.8. The van der Waals surface area contributed by atoms with Gasteiger partial charge in [0.1, 0.15) is 5.82 Å². The molecule has 0 aliphatic rings. The molecule has 1 rings (SSSR count). The van der Waals surface area contributed by atoms with Gasteiger partial charge in [0, 0.05) is 13.7 Å². The number of hydrogen-bond donors (Lipinski definition) is 2. The minimum Gasteiger partial charge on any atom is -0.375 e. The average Bonchev–Trinajstić information content (AvgIpc) is 2.32. The maximum absolute atomic E-state index is 12.7. The van der Waals surface area contributed by atoms with Gasteiger partial charge < -0.3 is 15.4 Å². The van der Waals surface area contributed by atoms with Gasteiger partial charge in [-0.15, -0.1) is 12.4 Å². The molecule has 6 heteroatoms. The maximum Gasteiger partial charge on any atom is 0.234 e. The lowest BCUT2D eigenvalue weighted by Crippen LogP contribution is -2.35. The van der Waals surface area contributed by atoms with Crippen LogP contribution in [-0.4, -0.2) is 33.2 Å². The van der Waals surface area contributed by atoms with Crippen LogP contribution in [0.2, 0.25) is 0 Å². The van der Waals surface area contributed by atoms with E-state index in [0.29, 0.717) is 6.54 Å². The molecule has 0 bridgehead atoms. The number of likely N-dealkylation sites (N-methyl/N-ethyl adjacent to an activating group) is 1. The molecule has 0 radical (unpaired) electrons. The van der Waals surface area contributed by atoms with Gasteiger partial charge in [-0.1, -0.05) is 12.1 Å². The summed E-state index contributed by atoms with van der Waals surface area (Å²) < 4.78 is 18.0. The number of carbonyl (C=O) groups excluding carboxylic acids is 1. The fraction of sp³-hybridized carbons (Fsp3) is 0.417. The molecule has 0 aromatic heterocycles. The van der Waals surface area contributed by atoms with Crippen LogP contribution in [0, 0.1) is 5.82 Å². The molecule has 0 saturated heterocycles. The largest absolute Gasteiger partial charge is 0.375 e. The van der Waals surface area contributed by atoms with Crippen LogP contribution in [0.5, 0.6) is 0 Å². The zero-order chi connectivity index (χ0) is 12.7. The van der Waals surface area contributed by atoms with E-state index in [0.717, 1.165) is 5.56 Å². The quantitative estimate of drug-likeness (QED) is 0.823. The highest BCUT2D eigenvalue weighted by Crippen LogP contribution is 2.15. The van der Waals surface area contributed by atoms with E-state index in [1.807, 2.05) is 0 Å². The Labute approximate surface area is 112 Å². The Kier molecular flexibility index (Phi) is 8.28. The summed E-state index contributed by atoms with van der Waals surface area (Å²) in [5.74, 6) is -0.389. The van der Waals surface area contributed by atoms with Crippen molar-refractivity contribution in [3.63, 3.8) is 0 Å². The second-order valence-corrected chi connectivity index (χ2v) is 3.61. The van der Waals surface area contributed by atoms with Crippen LogP contribution in [0.15, 0.2) is 24.3 Å². The normalized spacial score (nSPS) is 11.5. The Morgan fingerprint density at radius 2 is 2.00 bits per heavy atom. The number of benzene rings is 1. The summed E-state index contributed by atoms with van der Waals surface area (Å²) in [7, 11) is 3.26. The number of ether oxygens (including phenoxy) is 1. The highest BCUT2D eigenvalue weighted by molar-refractivity contribution is 5.85. The lowest BCUT2D eigenvalue weighted by molar-refractivity contribution is -0.120. The SMILES string of the molecule is CNCC(=O)NCC(OC)c1ccc(F)cc1.Cl. The highest BCUT2D eigenvalue weighted by Gasteiger charge is 2.11. The van der Waals surface area contributed by atoms with Crippen molar-refractivity contribution in [2.75, 3.05) is 27.2 Å². The third-order valence-corrected chi connectivity index (χ3v) is 2.35. The number of halogens is 2. The van der Waals surface area contributed by atoms with E-state index in [2.05, 4.69) is 10.6 Å². The van der Waals surface area contributed by atoms with Crippen molar-refractivity contribution >= 4 is 18.3 Å². The van der Waals surface area contributed by atoms with Gasteiger partial charge in [0.05, 0.1) is 12.6 Å². The number of rotatable bonds is 6. The van der Waals surface area contributed by atoms with Gasteiger partial charge in [0.15, 0.2) is 0 Å². The molecule has 0 heterocycles. The minimum absolute atomic E-state index is 0. The van der Waals surface area contributed by atoms with Crippen LogP contribution in [-0.2, 0) is 9.53 Å². The van der Waals surface area contributed by atoms with Crippen LogP contribution in [0.25, 0.3) is 0 Å². The second-order valence-electron chi connectivity index (χ2n) is 3.61. The van der Waals surface area contributed by atoms with Gasteiger partial charge in [0.2, 0.25) is 5.91 Å². The number of methoxy groups -OCH3 is 1. The van der Waals surface area contributed by atoms with Crippen molar-refractivity contribution < 1.29 is 13.9 Å². The Bertz CT molecular complexity index is 360. The topological polar surface area (TPSA) is 50.4 Å². The maximum atomic E-state index is 12.7. The fourth-order valence-electron chi connectivity index (χ4n) is 1.44. The van der Waals surface area contributed by atoms with Crippen molar-refractivity contribution in [3.8, 4) is 0 Å². The van der Waals surface area contributed by atoms with Crippen molar-refractivity contribution in [2.45, 2.75) is 6.10 Å². The van der Waals surface area contributed by atoms with Gasteiger partial charge in [0.25, 0.3) is 0 Å². The van der Waals surface area contributed by atoms with Crippen molar-refractivity contribution in [3.05, 3.63) is 35.6 Å². The van der Waals surface area contributed by atoms with Crippen LogP contribution >= 0.6 is 12.4 Å². The van der Waals surface area contributed by atoms with E-state index < -0.39 is 0 Å². The summed E-state index contributed by atoms with van der Waals surface area (Å²) >= 11 is 0. The van der Waals surface area contributed by atoms with Crippen molar-refractivity contribution in [1.29, 1.82) is 0 Å². The van der Waals surface area contributed by atoms with Crippen LogP contribution in [0.3, 0.4) is 0 Å².